The van der Waals surface area contributed by atoms with Crippen molar-refractivity contribution in [2.45, 2.75) is 0 Å². The van der Waals surface area contributed by atoms with Crippen molar-refractivity contribution in [2.24, 2.45) is 5.92 Å². The van der Waals surface area contributed by atoms with Crippen molar-refractivity contribution >= 4 is 18.1 Å². The van der Waals surface area contributed by atoms with Gasteiger partial charge in [0.15, 0.2) is 5.92 Å². The van der Waals surface area contributed by atoms with Gasteiger partial charge in [-0.15, -0.1) is 0 Å². The molecule has 1 N–H and O–H groups in total. The van der Waals surface area contributed by atoms with E-state index in [1.54, 1.807) is 24.3 Å². The van der Waals surface area contributed by atoms with E-state index in [1.807, 2.05) is 60.7 Å². The third-order valence-corrected chi connectivity index (χ3v) is 4.18. The third-order valence-electron chi connectivity index (χ3n) is 4.18. The first-order valence-electron chi connectivity index (χ1n) is 8.25. The number of carbonyl (C=O) groups is 1. The summed E-state index contributed by atoms with van der Waals surface area (Å²) in [5.41, 5.74) is 1.78. The molecular formula is C22H16O4. The molecule has 0 aromatic heterocycles. The number of para-hydroxylation sites is 2. The van der Waals surface area contributed by atoms with E-state index in [2.05, 4.69) is 0 Å². The molecule has 0 atom stereocenters. The molecule has 0 aliphatic carbocycles. The zero-order valence-corrected chi connectivity index (χ0v) is 13.8. The Morgan fingerprint density at radius 2 is 1.23 bits per heavy atom. The monoisotopic (exact) mass is 344 g/mol. The maximum Gasteiger partial charge on any atom is 0.322 e. The summed E-state index contributed by atoms with van der Waals surface area (Å²) in [5, 5.41) is 9.87. The highest BCUT2D eigenvalue weighted by Gasteiger charge is 2.32. The van der Waals surface area contributed by atoms with Crippen molar-refractivity contribution in [1.82, 2.24) is 0 Å². The van der Waals surface area contributed by atoms with Crippen LogP contribution in [0, 0.1) is 5.92 Å². The van der Waals surface area contributed by atoms with Crippen molar-refractivity contribution in [2.75, 3.05) is 0 Å². The third kappa shape index (κ3) is 3.05. The molecule has 0 bridgehead atoms. The Bertz CT molecular complexity index is 906. The summed E-state index contributed by atoms with van der Waals surface area (Å²) in [7, 11) is 0. The van der Waals surface area contributed by atoms with E-state index in [0.717, 1.165) is 11.1 Å². The van der Waals surface area contributed by atoms with Gasteiger partial charge in [0.25, 0.3) is 0 Å². The number of carboxylic acid groups (broad SMARTS) is 1. The van der Waals surface area contributed by atoms with Crippen LogP contribution in [0.1, 0.15) is 11.1 Å². The van der Waals surface area contributed by atoms with Crippen LogP contribution in [-0.4, -0.2) is 11.1 Å². The summed E-state index contributed by atoms with van der Waals surface area (Å²) in [5.74, 6) is -0.257. The summed E-state index contributed by atoms with van der Waals surface area (Å²) in [6, 6.07) is 15.0. The summed E-state index contributed by atoms with van der Waals surface area (Å²) >= 11 is 0. The molecule has 0 fully saturated rings. The van der Waals surface area contributed by atoms with Crippen molar-refractivity contribution < 1.29 is 19.4 Å². The molecule has 0 unspecified atom stereocenters. The van der Waals surface area contributed by atoms with Crippen molar-refractivity contribution in [3.63, 3.8) is 0 Å². The van der Waals surface area contributed by atoms with Gasteiger partial charge in [0.05, 0.1) is 0 Å². The lowest BCUT2D eigenvalue weighted by Gasteiger charge is -2.20. The van der Waals surface area contributed by atoms with Crippen LogP contribution in [0.5, 0.6) is 11.5 Å². The second-order valence-corrected chi connectivity index (χ2v) is 5.91. The molecule has 2 aliphatic heterocycles. The van der Waals surface area contributed by atoms with E-state index in [0.29, 0.717) is 23.0 Å². The maximum atomic E-state index is 12.1. The van der Waals surface area contributed by atoms with Gasteiger partial charge in [-0.2, -0.15) is 0 Å². The van der Waals surface area contributed by atoms with Gasteiger partial charge >= 0.3 is 5.97 Å². The maximum absolute atomic E-state index is 12.1. The van der Waals surface area contributed by atoms with Gasteiger partial charge in [-0.3, -0.25) is 4.79 Å². The van der Waals surface area contributed by atoms with Crippen LogP contribution in [0.3, 0.4) is 0 Å². The van der Waals surface area contributed by atoms with Gasteiger partial charge in [-0.05, 0) is 24.3 Å². The SMILES string of the molecule is O=C(O)C(C1=CC=Cc2ccccc2O1)C1=CC=Cc2ccccc2O1. The Morgan fingerprint density at radius 3 is 1.69 bits per heavy atom. The largest absolute Gasteiger partial charge is 0.480 e. The van der Waals surface area contributed by atoms with Gasteiger partial charge in [-0.1, -0.05) is 60.7 Å². The van der Waals surface area contributed by atoms with E-state index in [4.69, 9.17) is 9.47 Å². The zero-order valence-electron chi connectivity index (χ0n) is 13.8. The Kier molecular flexibility index (Phi) is 4.15. The summed E-state index contributed by atoms with van der Waals surface area (Å²) in [6.45, 7) is 0. The first kappa shape index (κ1) is 16.0. The molecule has 0 amide bonds. The van der Waals surface area contributed by atoms with Gasteiger partial charge in [0, 0.05) is 11.1 Å². The number of rotatable bonds is 3. The normalized spacial score (nSPS) is 14.8. The van der Waals surface area contributed by atoms with E-state index >= 15 is 0 Å². The van der Waals surface area contributed by atoms with Crippen LogP contribution in [-0.2, 0) is 4.79 Å². The first-order chi connectivity index (χ1) is 12.7. The molecule has 0 saturated carbocycles. The minimum absolute atomic E-state index is 0.303. The van der Waals surface area contributed by atoms with E-state index < -0.39 is 11.9 Å². The molecule has 2 aromatic rings. The number of allylic oxidation sites excluding steroid dienone is 4. The molecule has 2 aromatic carbocycles. The molecule has 0 saturated heterocycles. The Hall–Kier alpha value is -3.53. The van der Waals surface area contributed by atoms with E-state index in [-0.39, 0.29) is 0 Å². The molecule has 4 heteroatoms. The lowest BCUT2D eigenvalue weighted by Crippen LogP contribution is -2.24. The summed E-state index contributed by atoms with van der Waals surface area (Å²) in [6.07, 6.45) is 10.7. The summed E-state index contributed by atoms with van der Waals surface area (Å²) < 4.78 is 11.9. The standard InChI is InChI=1S/C22H16O4/c23-22(24)21(19-13-5-9-15-7-1-3-11-17(15)25-19)20-14-6-10-16-8-2-4-12-18(16)26-20/h1-14,21H,(H,23,24). The molecule has 2 aliphatic rings. The molecule has 0 radical (unpaired) electrons. The lowest BCUT2D eigenvalue weighted by atomic mass is 10.0. The molecule has 4 rings (SSSR count). The Labute approximate surface area is 151 Å². The predicted octanol–water partition coefficient (Wildman–Crippen LogP) is 4.67. The molecule has 4 nitrogen and oxygen atoms in total. The van der Waals surface area contributed by atoms with Gasteiger partial charge in [-0.25, -0.2) is 0 Å². The summed E-state index contributed by atoms with van der Waals surface area (Å²) in [4.78, 5) is 12.1. The van der Waals surface area contributed by atoms with E-state index in [1.165, 1.54) is 0 Å². The van der Waals surface area contributed by atoms with Crippen LogP contribution >= 0.6 is 0 Å². The second-order valence-electron chi connectivity index (χ2n) is 5.91. The highest BCUT2D eigenvalue weighted by molar-refractivity contribution is 5.78. The van der Waals surface area contributed by atoms with Crippen molar-refractivity contribution in [1.29, 1.82) is 0 Å². The van der Waals surface area contributed by atoms with Gasteiger partial charge in [0.2, 0.25) is 0 Å². The fourth-order valence-electron chi connectivity index (χ4n) is 2.93. The first-order valence-corrected chi connectivity index (χ1v) is 8.25. The number of benzene rings is 2. The van der Waals surface area contributed by atoms with Gasteiger partial charge in [0.1, 0.15) is 23.0 Å². The average Bonchev–Trinajstić information content (AvgIpc) is 2.97. The smallest absolute Gasteiger partial charge is 0.322 e. The number of aliphatic carboxylic acids is 1. The zero-order chi connectivity index (χ0) is 17.9. The molecular weight excluding hydrogens is 328 g/mol. The highest BCUT2D eigenvalue weighted by Crippen LogP contribution is 2.33. The average molecular weight is 344 g/mol. The second kappa shape index (κ2) is 6.76. The topological polar surface area (TPSA) is 55.8 Å². The van der Waals surface area contributed by atoms with Gasteiger partial charge < -0.3 is 14.6 Å². The van der Waals surface area contributed by atoms with Crippen LogP contribution in [0.15, 0.2) is 84.4 Å². The molecule has 0 spiro atoms. The lowest BCUT2D eigenvalue weighted by molar-refractivity contribution is -0.140. The minimum atomic E-state index is -1.05. The number of hydrogen-bond donors (Lipinski definition) is 1. The quantitative estimate of drug-likeness (QED) is 0.879. The van der Waals surface area contributed by atoms with Crippen LogP contribution < -0.4 is 9.47 Å². The van der Waals surface area contributed by atoms with Crippen molar-refractivity contribution in [3.05, 3.63) is 95.5 Å². The Morgan fingerprint density at radius 1 is 0.769 bits per heavy atom. The van der Waals surface area contributed by atoms with Crippen LogP contribution in [0.4, 0.5) is 0 Å². The molecule has 26 heavy (non-hydrogen) atoms. The van der Waals surface area contributed by atoms with Crippen LogP contribution in [0.2, 0.25) is 0 Å². The van der Waals surface area contributed by atoms with Crippen molar-refractivity contribution in [3.8, 4) is 11.5 Å². The molecule has 128 valence electrons. The number of fused-ring (bicyclic) bond motifs is 2. The van der Waals surface area contributed by atoms with E-state index in [9.17, 15) is 9.90 Å². The van der Waals surface area contributed by atoms with Crippen LogP contribution in [0.25, 0.3) is 12.2 Å². The molecule has 2 heterocycles. The Balaban J connectivity index is 1.71. The fraction of sp³-hybridized carbons (Fsp3) is 0.0455. The highest BCUT2D eigenvalue weighted by atomic mass is 16.5. The minimum Gasteiger partial charge on any atom is -0.480 e. The predicted molar refractivity (Wildman–Crippen MR) is 99.5 cm³/mol. The fourth-order valence-corrected chi connectivity index (χ4v) is 2.93. The number of ether oxygens (including phenoxy) is 2. The number of hydrogen-bond acceptors (Lipinski definition) is 3. The number of carboxylic acids is 1.